The van der Waals surface area contributed by atoms with E-state index in [0.717, 1.165) is 16.7 Å². The average Bonchev–Trinajstić information content (AvgIpc) is 3.03. The van der Waals surface area contributed by atoms with Gasteiger partial charge in [-0.1, -0.05) is 67.0 Å². The molecule has 1 heterocycles. The van der Waals surface area contributed by atoms with Gasteiger partial charge in [-0.15, -0.1) is 0 Å². The summed E-state index contributed by atoms with van der Waals surface area (Å²) in [6, 6.07) is 0. The van der Waals surface area contributed by atoms with Crippen molar-refractivity contribution in [1.29, 1.82) is 0 Å². The van der Waals surface area contributed by atoms with Crippen LogP contribution in [0.25, 0.3) is 0 Å². The molecule has 200 valence electrons. The third-order valence-electron chi connectivity index (χ3n) is 6.13. The molecule has 2 rings (SSSR count). The fraction of sp³-hybridized carbons (Fsp3) is 0.500. The number of cyclic esters (lactones) is 1. The second-order valence-electron chi connectivity index (χ2n) is 9.74. The van der Waals surface area contributed by atoms with Gasteiger partial charge in [0.2, 0.25) is 5.76 Å². The van der Waals surface area contributed by atoms with Crippen molar-refractivity contribution in [2.45, 2.75) is 72.7 Å². The number of phosphoric acid groups is 1. The maximum absolute atomic E-state index is 12.5. The second-order valence-corrected chi connectivity index (χ2v) is 11.1. The molecule has 0 radical (unpaired) electrons. The van der Waals surface area contributed by atoms with Gasteiger partial charge in [-0.25, -0.2) is 9.36 Å². The summed E-state index contributed by atoms with van der Waals surface area (Å²) in [6.07, 6.45) is 9.20. The molecule has 9 nitrogen and oxygen atoms in total. The first-order valence-corrected chi connectivity index (χ1v) is 13.2. The van der Waals surface area contributed by atoms with Crippen LogP contribution in [0, 0.1) is 5.41 Å². The van der Waals surface area contributed by atoms with Crippen molar-refractivity contribution in [2.75, 3.05) is 6.61 Å². The van der Waals surface area contributed by atoms with E-state index in [-0.39, 0.29) is 5.41 Å². The van der Waals surface area contributed by atoms with E-state index in [9.17, 15) is 29.6 Å². The van der Waals surface area contributed by atoms with Crippen molar-refractivity contribution >= 4 is 13.8 Å². The Morgan fingerprint density at radius 1 is 1.25 bits per heavy atom. The van der Waals surface area contributed by atoms with E-state index in [2.05, 4.69) is 10.8 Å². The number of esters is 1. The molecular weight excluding hydrogens is 487 g/mol. The number of phosphoric ester groups is 1. The highest BCUT2D eigenvalue weighted by molar-refractivity contribution is 7.47. The van der Waals surface area contributed by atoms with E-state index in [4.69, 9.17) is 9.05 Å². The Bertz CT molecular complexity index is 1070. The number of aliphatic hydroxyl groups excluding tert-OH is 3. The van der Waals surface area contributed by atoms with Crippen LogP contribution >= 0.6 is 7.82 Å². The monoisotopic (exact) mass is 524 g/mol. The van der Waals surface area contributed by atoms with Crippen molar-refractivity contribution in [3.8, 4) is 0 Å². The van der Waals surface area contributed by atoms with Gasteiger partial charge in [-0.2, -0.15) is 0 Å². The van der Waals surface area contributed by atoms with E-state index in [0.29, 0.717) is 12.8 Å². The van der Waals surface area contributed by atoms with Gasteiger partial charge in [0.15, 0.2) is 11.9 Å². The second kappa shape index (κ2) is 12.2. The summed E-state index contributed by atoms with van der Waals surface area (Å²) in [7, 11) is -4.59. The number of allylic oxidation sites excluding steroid dienone is 9. The van der Waals surface area contributed by atoms with Gasteiger partial charge in [0.25, 0.3) is 0 Å². The first-order chi connectivity index (χ1) is 16.7. The van der Waals surface area contributed by atoms with Crippen LogP contribution in [-0.4, -0.2) is 51.1 Å². The van der Waals surface area contributed by atoms with Crippen molar-refractivity contribution in [2.24, 2.45) is 5.41 Å². The largest absolute Gasteiger partial charge is 0.505 e. The number of carbonyl (C=O) groups is 1. The number of hydrogen-bond donors (Lipinski definition) is 4. The fourth-order valence-corrected chi connectivity index (χ4v) is 5.07. The highest BCUT2D eigenvalue weighted by atomic mass is 31.2. The molecule has 1 aliphatic carbocycles. The van der Waals surface area contributed by atoms with Crippen molar-refractivity contribution in [3.63, 3.8) is 0 Å². The lowest BCUT2D eigenvalue weighted by atomic mass is 9.71. The molecule has 0 aromatic heterocycles. The molecule has 4 atom stereocenters. The van der Waals surface area contributed by atoms with Crippen LogP contribution < -0.4 is 0 Å². The molecule has 0 bridgehead atoms. The van der Waals surface area contributed by atoms with Crippen molar-refractivity contribution < 1.29 is 43.4 Å². The molecule has 0 amide bonds. The van der Waals surface area contributed by atoms with Crippen molar-refractivity contribution in [1.82, 2.24) is 0 Å². The molecule has 0 saturated carbocycles. The number of hydrogen-bond acceptors (Lipinski definition) is 8. The zero-order valence-corrected chi connectivity index (χ0v) is 22.5. The summed E-state index contributed by atoms with van der Waals surface area (Å²) < 4.78 is 27.4. The maximum atomic E-state index is 12.5. The third-order valence-corrected chi connectivity index (χ3v) is 7.17. The normalized spacial score (nSPS) is 26.2. The van der Waals surface area contributed by atoms with Gasteiger partial charge in [-0.3, -0.25) is 9.05 Å². The van der Waals surface area contributed by atoms with Gasteiger partial charge >= 0.3 is 13.8 Å². The zero-order chi connectivity index (χ0) is 27.3. The molecule has 0 aromatic rings. The Balaban J connectivity index is 2.01. The van der Waals surface area contributed by atoms with E-state index >= 15 is 0 Å². The highest BCUT2D eigenvalue weighted by Crippen LogP contribution is 2.50. The van der Waals surface area contributed by atoms with Crippen LogP contribution in [0.15, 0.2) is 70.3 Å². The van der Waals surface area contributed by atoms with Crippen LogP contribution in [0.2, 0.25) is 0 Å². The van der Waals surface area contributed by atoms with Crippen LogP contribution in [0.1, 0.15) is 54.4 Å². The molecule has 0 saturated heterocycles. The predicted octanol–water partition coefficient (Wildman–Crippen LogP) is 5.26. The summed E-state index contributed by atoms with van der Waals surface area (Å²) in [6.45, 7) is 11.3. The highest BCUT2D eigenvalue weighted by Gasteiger charge is 2.41. The first kappa shape index (κ1) is 29.8. The molecule has 1 aliphatic heterocycles. The van der Waals surface area contributed by atoms with E-state index < -0.39 is 50.2 Å². The third kappa shape index (κ3) is 8.05. The molecule has 10 heteroatoms. The van der Waals surface area contributed by atoms with Crippen LogP contribution in [0.3, 0.4) is 0 Å². The Kier molecular flexibility index (Phi) is 10.1. The van der Waals surface area contributed by atoms with E-state index in [1.165, 1.54) is 5.57 Å². The Hall–Kier alpha value is -2.42. The van der Waals surface area contributed by atoms with Gasteiger partial charge in [-0.05, 0) is 51.5 Å². The van der Waals surface area contributed by atoms with Crippen LogP contribution in [0.4, 0.5) is 0 Å². The quantitative estimate of drug-likeness (QED) is 0.171. The summed E-state index contributed by atoms with van der Waals surface area (Å²) >= 11 is 0. The minimum Gasteiger partial charge on any atom is -0.505 e. The van der Waals surface area contributed by atoms with Gasteiger partial charge in [0.1, 0.15) is 6.10 Å². The van der Waals surface area contributed by atoms with Crippen LogP contribution in [-0.2, 0) is 23.1 Å². The summed E-state index contributed by atoms with van der Waals surface area (Å²) in [5.74, 6) is -3.10. The minimum atomic E-state index is -4.59. The lowest BCUT2D eigenvalue weighted by Crippen LogP contribution is -2.33. The van der Waals surface area contributed by atoms with Crippen molar-refractivity contribution in [3.05, 3.63) is 70.3 Å². The lowest BCUT2D eigenvalue weighted by molar-refractivity contribution is -0.147. The minimum absolute atomic E-state index is 0.340. The van der Waals surface area contributed by atoms with Gasteiger partial charge in [0.05, 0.1) is 12.7 Å². The standard InChI is InChI=1S/C26H37O9P/c1-7-16(2)9-8-10-17(3)11-12-20-18(4)13-19(14-26(20,5)6)35-36(31,32)33-15-21(27)24-22(28)23(29)25(30)34-24/h7-12,19,21,24,27-29H,13-15H2,1-6H3,(H,31,32)/b9-8+,12-11+,16-7+,17-10+/t19?,21-,24+/m0/s1. The molecular formula is C26H37O9P. The lowest BCUT2D eigenvalue weighted by Gasteiger charge is -2.38. The first-order valence-electron chi connectivity index (χ1n) is 11.7. The fourth-order valence-electron chi connectivity index (χ4n) is 4.14. The molecule has 4 N–H and O–H groups in total. The van der Waals surface area contributed by atoms with Crippen LogP contribution in [0.5, 0.6) is 0 Å². The van der Waals surface area contributed by atoms with Gasteiger partial charge in [0, 0.05) is 0 Å². The molecule has 2 unspecified atom stereocenters. The van der Waals surface area contributed by atoms with E-state index in [1.54, 1.807) is 0 Å². The molecule has 0 spiro atoms. The zero-order valence-electron chi connectivity index (χ0n) is 21.6. The molecule has 0 fully saturated rings. The number of aliphatic hydroxyl groups is 3. The topological polar surface area (TPSA) is 143 Å². The Labute approximate surface area is 212 Å². The number of rotatable bonds is 10. The summed E-state index contributed by atoms with van der Waals surface area (Å²) in [4.78, 5) is 21.4. The molecule has 0 aromatic carbocycles. The molecule has 36 heavy (non-hydrogen) atoms. The Morgan fingerprint density at radius 2 is 1.92 bits per heavy atom. The van der Waals surface area contributed by atoms with E-state index in [1.807, 2.05) is 71.9 Å². The molecule has 2 aliphatic rings. The average molecular weight is 525 g/mol. The number of carbonyl (C=O) groups excluding carboxylic acids is 1. The van der Waals surface area contributed by atoms with Gasteiger partial charge < -0.3 is 24.9 Å². The smallest absolute Gasteiger partial charge is 0.472 e. The predicted molar refractivity (Wildman–Crippen MR) is 136 cm³/mol. The maximum Gasteiger partial charge on any atom is 0.472 e. The number of ether oxygens (including phenoxy) is 1. The summed E-state index contributed by atoms with van der Waals surface area (Å²) in [5, 5.41) is 29.0. The SMILES string of the molecule is C/C=C(C)/C=C/C=C(C)/C=C/C1=C(C)CC(OP(=O)(O)OC[C@H](O)[C@H]2OC(=O)C(O)=C2O)CC1(C)C. The summed E-state index contributed by atoms with van der Waals surface area (Å²) in [5.41, 5.74) is 4.06. The Morgan fingerprint density at radius 3 is 2.47 bits per heavy atom.